The highest BCUT2D eigenvalue weighted by Crippen LogP contribution is 2.29. The largest absolute Gasteiger partial charge is 0.489 e. The Morgan fingerprint density at radius 1 is 1.30 bits per heavy atom. The third-order valence-electron chi connectivity index (χ3n) is 6.46. The van der Waals surface area contributed by atoms with E-state index in [-0.39, 0.29) is 23.6 Å². The topological polar surface area (TPSA) is 67.8 Å². The lowest BCUT2D eigenvalue weighted by Gasteiger charge is -2.24. The number of rotatable bonds is 9. The van der Waals surface area contributed by atoms with E-state index in [0.29, 0.717) is 50.2 Å². The zero-order valence-corrected chi connectivity index (χ0v) is 19.7. The number of nitrogens with zero attached hydrogens (tertiary/aromatic N) is 4. The van der Waals surface area contributed by atoms with Crippen LogP contribution in [0.4, 0.5) is 16.0 Å². The first-order valence-electron chi connectivity index (χ1n) is 11.7. The van der Waals surface area contributed by atoms with Crippen LogP contribution < -0.4 is 14.5 Å². The first-order chi connectivity index (χ1) is 15.9. The van der Waals surface area contributed by atoms with Crippen molar-refractivity contribution in [2.24, 2.45) is 5.92 Å². The lowest BCUT2D eigenvalue weighted by molar-refractivity contribution is -0.117. The van der Waals surface area contributed by atoms with E-state index in [0.717, 1.165) is 30.8 Å². The van der Waals surface area contributed by atoms with Crippen LogP contribution in [0.3, 0.4) is 0 Å². The Bertz CT molecular complexity index is 949. The number of halogens is 1. The van der Waals surface area contributed by atoms with Crippen molar-refractivity contribution in [3.05, 3.63) is 42.0 Å². The Labute approximate surface area is 194 Å². The molecular formula is C25H33FN4O3. The first kappa shape index (κ1) is 23.4. The molecule has 2 fully saturated rings. The van der Waals surface area contributed by atoms with Crippen LogP contribution in [-0.4, -0.2) is 61.8 Å². The quantitative estimate of drug-likeness (QED) is 0.568. The van der Waals surface area contributed by atoms with Gasteiger partial charge >= 0.3 is 0 Å². The Morgan fingerprint density at radius 2 is 2.09 bits per heavy atom. The maximum Gasteiger partial charge on any atom is 0.208 e. The summed E-state index contributed by atoms with van der Waals surface area (Å²) in [7, 11) is 1.87. The van der Waals surface area contributed by atoms with E-state index < -0.39 is 0 Å². The van der Waals surface area contributed by atoms with Crippen molar-refractivity contribution in [3.63, 3.8) is 0 Å². The number of hydrogen-bond donors (Lipinski definition) is 0. The van der Waals surface area contributed by atoms with Gasteiger partial charge in [-0.05, 0) is 37.0 Å². The molecule has 1 unspecified atom stereocenters. The third-order valence-corrected chi connectivity index (χ3v) is 6.46. The van der Waals surface area contributed by atoms with Gasteiger partial charge in [0, 0.05) is 45.5 Å². The molecule has 3 atom stereocenters. The van der Waals surface area contributed by atoms with Gasteiger partial charge in [-0.15, -0.1) is 0 Å². The van der Waals surface area contributed by atoms with E-state index in [1.165, 1.54) is 6.33 Å². The number of Topliss-reactive ketones (excluding diaryl/α,β-unsaturated/α-hetero) is 1. The minimum Gasteiger partial charge on any atom is -0.489 e. The minimum absolute atomic E-state index is 0.0447. The summed E-state index contributed by atoms with van der Waals surface area (Å²) in [6.07, 6.45) is 3.71. The molecule has 0 N–H and O–H groups in total. The highest BCUT2D eigenvalue weighted by atomic mass is 19.1. The molecule has 2 aliphatic heterocycles. The van der Waals surface area contributed by atoms with Crippen molar-refractivity contribution < 1.29 is 18.7 Å². The van der Waals surface area contributed by atoms with Crippen molar-refractivity contribution in [1.82, 2.24) is 9.97 Å². The molecule has 2 saturated heterocycles. The number of carbonyl (C=O) groups is 1. The normalized spacial score (nSPS) is 21.3. The van der Waals surface area contributed by atoms with E-state index in [9.17, 15) is 4.79 Å². The molecule has 33 heavy (non-hydrogen) atoms. The molecule has 1 aromatic heterocycles. The number of benzene rings is 1. The Morgan fingerprint density at radius 3 is 2.79 bits per heavy atom. The van der Waals surface area contributed by atoms with Gasteiger partial charge in [0.25, 0.3) is 0 Å². The fourth-order valence-corrected chi connectivity index (χ4v) is 4.67. The third kappa shape index (κ3) is 5.79. The average Bonchev–Trinajstić information content (AvgIpc) is 3.46. The predicted octanol–water partition coefficient (Wildman–Crippen LogP) is 3.83. The summed E-state index contributed by atoms with van der Waals surface area (Å²) in [5.74, 6) is 1.82. The molecule has 0 amide bonds. The molecule has 7 nitrogen and oxygen atoms in total. The van der Waals surface area contributed by atoms with Crippen molar-refractivity contribution in [3.8, 4) is 5.75 Å². The fraction of sp³-hybridized carbons (Fsp3) is 0.560. The monoisotopic (exact) mass is 456 g/mol. The van der Waals surface area contributed by atoms with Crippen LogP contribution in [0.25, 0.3) is 0 Å². The number of carbonyl (C=O) groups excluding carboxylic acids is 1. The van der Waals surface area contributed by atoms with Gasteiger partial charge in [-0.25, -0.2) is 9.97 Å². The first-order valence-corrected chi connectivity index (χ1v) is 11.7. The second-order valence-electron chi connectivity index (χ2n) is 9.30. The van der Waals surface area contributed by atoms with Gasteiger partial charge in [0.05, 0.1) is 13.2 Å². The molecule has 0 bridgehead atoms. The molecule has 0 radical (unpaired) electrons. The van der Waals surface area contributed by atoms with Gasteiger partial charge in [-0.2, -0.15) is 4.39 Å². The number of aromatic nitrogens is 2. The summed E-state index contributed by atoms with van der Waals surface area (Å²) >= 11 is 0. The predicted molar refractivity (Wildman–Crippen MR) is 126 cm³/mol. The summed E-state index contributed by atoms with van der Waals surface area (Å²) in [6, 6.07) is 7.91. The maximum atomic E-state index is 15.3. The number of anilines is 2. The zero-order valence-electron chi connectivity index (χ0n) is 19.7. The van der Waals surface area contributed by atoms with Crippen molar-refractivity contribution in [2.75, 3.05) is 49.7 Å². The lowest BCUT2D eigenvalue weighted by atomic mass is 9.96. The highest BCUT2D eigenvalue weighted by molar-refractivity contribution is 5.76. The molecule has 0 aliphatic carbocycles. The minimum atomic E-state index is -0.386. The van der Waals surface area contributed by atoms with Crippen LogP contribution in [-0.2, 0) is 9.53 Å². The van der Waals surface area contributed by atoms with Crippen LogP contribution in [0, 0.1) is 11.7 Å². The lowest BCUT2D eigenvalue weighted by Crippen LogP contribution is -2.30. The smallest absolute Gasteiger partial charge is 0.208 e. The van der Waals surface area contributed by atoms with Gasteiger partial charge in [-0.3, -0.25) is 0 Å². The summed E-state index contributed by atoms with van der Waals surface area (Å²) in [6.45, 7) is 7.10. The number of ether oxygens (including phenoxy) is 2. The number of ketones is 1. The zero-order chi connectivity index (χ0) is 23.4. The average molecular weight is 457 g/mol. The Balaban J connectivity index is 1.36. The SMILES string of the molecule is CC(=O)C[C@@H](C)c1ccc(O[C@@H]2CCN(c3ncnc(N(C)CC4CCOC4)c3F)C2)cc1. The molecule has 0 spiro atoms. The molecule has 3 heterocycles. The summed E-state index contributed by atoms with van der Waals surface area (Å²) in [5, 5.41) is 0. The van der Waals surface area contributed by atoms with Crippen LogP contribution in [0.2, 0.25) is 0 Å². The fourth-order valence-electron chi connectivity index (χ4n) is 4.67. The Hall–Kier alpha value is -2.74. The van der Waals surface area contributed by atoms with Crippen molar-refractivity contribution >= 4 is 17.4 Å². The van der Waals surface area contributed by atoms with Gasteiger partial charge in [-0.1, -0.05) is 19.1 Å². The van der Waals surface area contributed by atoms with Crippen molar-refractivity contribution in [1.29, 1.82) is 0 Å². The standard InChI is InChI=1S/C25H33FN4O3/c1-17(12-18(2)31)20-4-6-21(7-5-20)33-22-8-10-30(14-22)25-23(26)24(27-16-28-25)29(3)13-19-9-11-32-15-19/h4-7,16-17,19,22H,8-15H2,1-3H3/t17-,19?,22-/m1/s1. The second kappa shape index (κ2) is 10.5. The molecule has 2 aliphatic rings. The summed E-state index contributed by atoms with van der Waals surface area (Å²) in [4.78, 5) is 23.6. The molecule has 178 valence electrons. The Kier molecular flexibility index (Phi) is 7.42. The number of hydrogen-bond acceptors (Lipinski definition) is 7. The molecule has 2 aromatic rings. The van der Waals surface area contributed by atoms with E-state index in [1.807, 2.05) is 41.1 Å². The second-order valence-corrected chi connectivity index (χ2v) is 9.30. The summed E-state index contributed by atoms with van der Waals surface area (Å²) in [5.41, 5.74) is 1.12. The molecule has 8 heteroatoms. The molecular weight excluding hydrogens is 423 g/mol. The van der Waals surface area contributed by atoms with E-state index in [4.69, 9.17) is 9.47 Å². The highest BCUT2D eigenvalue weighted by Gasteiger charge is 2.29. The van der Waals surface area contributed by atoms with Crippen LogP contribution in [0.5, 0.6) is 5.75 Å². The van der Waals surface area contributed by atoms with Gasteiger partial charge in [0.1, 0.15) is 24.0 Å². The summed E-state index contributed by atoms with van der Waals surface area (Å²) < 4.78 is 26.9. The van der Waals surface area contributed by atoms with Gasteiger partial charge < -0.3 is 24.1 Å². The van der Waals surface area contributed by atoms with Crippen molar-refractivity contribution in [2.45, 2.75) is 45.1 Å². The van der Waals surface area contributed by atoms with Crippen LogP contribution in [0.1, 0.15) is 44.6 Å². The van der Waals surface area contributed by atoms with E-state index in [1.54, 1.807) is 6.92 Å². The van der Waals surface area contributed by atoms with E-state index >= 15 is 4.39 Å². The van der Waals surface area contributed by atoms with Gasteiger partial charge in [0.2, 0.25) is 5.82 Å². The molecule has 1 aromatic carbocycles. The van der Waals surface area contributed by atoms with Crippen LogP contribution in [0.15, 0.2) is 30.6 Å². The van der Waals surface area contributed by atoms with Crippen LogP contribution >= 0.6 is 0 Å². The molecule has 0 saturated carbocycles. The molecule has 4 rings (SSSR count). The maximum absolute atomic E-state index is 15.3. The van der Waals surface area contributed by atoms with E-state index in [2.05, 4.69) is 16.9 Å². The van der Waals surface area contributed by atoms with Gasteiger partial charge in [0.15, 0.2) is 11.6 Å².